The number of nitrogens with zero attached hydrogens (tertiary/aromatic N) is 1. The molecule has 1 fully saturated rings. The summed E-state index contributed by atoms with van der Waals surface area (Å²) in [6.45, 7) is 3.21. The van der Waals surface area contributed by atoms with Crippen LogP contribution >= 0.6 is 0 Å². The summed E-state index contributed by atoms with van der Waals surface area (Å²) in [7, 11) is 0. The SMILES string of the molecule is CC(=O)N1CCC(Oc2ccc(CCO)cc2)C1. The molecule has 1 aliphatic heterocycles. The maximum atomic E-state index is 11.2. The molecule has 4 nitrogen and oxygen atoms in total. The maximum Gasteiger partial charge on any atom is 0.219 e. The highest BCUT2D eigenvalue weighted by atomic mass is 16.5. The van der Waals surface area contributed by atoms with Gasteiger partial charge in [-0.25, -0.2) is 0 Å². The summed E-state index contributed by atoms with van der Waals surface area (Å²) in [5, 5.41) is 8.83. The van der Waals surface area contributed by atoms with Crippen molar-refractivity contribution in [3.8, 4) is 5.75 Å². The Morgan fingerprint density at radius 1 is 1.44 bits per heavy atom. The van der Waals surface area contributed by atoms with Crippen LogP contribution in [-0.4, -0.2) is 41.7 Å². The number of hydrogen-bond acceptors (Lipinski definition) is 3. The topological polar surface area (TPSA) is 49.8 Å². The summed E-state index contributed by atoms with van der Waals surface area (Å²) in [5.41, 5.74) is 1.10. The van der Waals surface area contributed by atoms with E-state index in [1.165, 1.54) is 0 Å². The fourth-order valence-corrected chi connectivity index (χ4v) is 2.17. The summed E-state index contributed by atoms with van der Waals surface area (Å²) < 4.78 is 5.83. The number of rotatable bonds is 4. The zero-order valence-corrected chi connectivity index (χ0v) is 10.6. The third-order valence-electron chi connectivity index (χ3n) is 3.22. The van der Waals surface area contributed by atoms with Crippen molar-refractivity contribution in [2.75, 3.05) is 19.7 Å². The summed E-state index contributed by atoms with van der Waals surface area (Å²) in [4.78, 5) is 13.0. The molecule has 1 aromatic carbocycles. The fraction of sp³-hybridized carbons (Fsp3) is 0.500. The molecule has 2 rings (SSSR count). The summed E-state index contributed by atoms with van der Waals surface area (Å²) in [6.07, 6.45) is 1.65. The van der Waals surface area contributed by atoms with E-state index in [1.807, 2.05) is 29.2 Å². The second kappa shape index (κ2) is 5.87. The molecule has 98 valence electrons. The minimum Gasteiger partial charge on any atom is -0.489 e. The fourth-order valence-electron chi connectivity index (χ4n) is 2.17. The van der Waals surface area contributed by atoms with Gasteiger partial charge in [0.05, 0.1) is 6.54 Å². The van der Waals surface area contributed by atoms with E-state index in [-0.39, 0.29) is 18.6 Å². The summed E-state index contributed by atoms with van der Waals surface area (Å²) in [6, 6.07) is 7.76. The van der Waals surface area contributed by atoms with E-state index in [2.05, 4.69) is 0 Å². The van der Waals surface area contributed by atoms with Crippen LogP contribution < -0.4 is 4.74 Å². The molecule has 1 atom stereocenters. The molecule has 1 unspecified atom stereocenters. The number of amides is 1. The Hall–Kier alpha value is -1.55. The number of benzene rings is 1. The molecule has 0 saturated carbocycles. The molecule has 1 heterocycles. The van der Waals surface area contributed by atoms with Gasteiger partial charge < -0.3 is 14.7 Å². The van der Waals surface area contributed by atoms with Gasteiger partial charge in [-0.15, -0.1) is 0 Å². The molecule has 1 saturated heterocycles. The molecule has 0 radical (unpaired) electrons. The van der Waals surface area contributed by atoms with Gasteiger partial charge in [-0.2, -0.15) is 0 Å². The highest BCUT2D eigenvalue weighted by Crippen LogP contribution is 2.19. The normalized spacial score (nSPS) is 19.0. The zero-order chi connectivity index (χ0) is 13.0. The van der Waals surface area contributed by atoms with Gasteiger partial charge in [-0.3, -0.25) is 4.79 Å². The van der Waals surface area contributed by atoms with E-state index in [1.54, 1.807) is 6.92 Å². The number of carbonyl (C=O) groups excluding carboxylic acids is 1. The van der Waals surface area contributed by atoms with Crippen LogP contribution in [0, 0.1) is 0 Å². The number of aliphatic hydroxyl groups excluding tert-OH is 1. The average molecular weight is 249 g/mol. The quantitative estimate of drug-likeness (QED) is 0.873. The molecule has 1 amide bonds. The molecule has 0 aromatic heterocycles. The van der Waals surface area contributed by atoms with Gasteiger partial charge >= 0.3 is 0 Å². The number of ether oxygens (including phenoxy) is 1. The molecule has 18 heavy (non-hydrogen) atoms. The highest BCUT2D eigenvalue weighted by Gasteiger charge is 2.25. The molecular formula is C14H19NO3. The molecule has 0 bridgehead atoms. The molecule has 1 N–H and O–H groups in total. The van der Waals surface area contributed by atoms with E-state index < -0.39 is 0 Å². The Labute approximate surface area is 107 Å². The minimum atomic E-state index is 0.0950. The highest BCUT2D eigenvalue weighted by molar-refractivity contribution is 5.73. The van der Waals surface area contributed by atoms with Crippen LogP contribution in [0.1, 0.15) is 18.9 Å². The van der Waals surface area contributed by atoms with Gasteiger partial charge in [0.1, 0.15) is 11.9 Å². The number of hydrogen-bond donors (Lipinski definition) is 1. The lowest BCUT2D eigenvalue weighted by Crippen LogP contribution is -2.28. The van der Waals surface area contributed by atoms with Crippen molar-refractivity contribution in [1.82, 2.24) is 4.90 Å². The number of likely N-dealkylation sites (tertiary alicyclic amines) is 1. The maximum absolute atomic E-state index is 11.2. The first-order valence-corrected chi connectivity index (χ1v) is 6.31. The van der Waals surface area contributed by atoms with Gasteiger partial charge in [0.15, 0.2) is 0 Å². The Morgan fingerprint density at radius 3 is 2.72 bits per heavy atom. The van der Waals surface area contributed by atoms with Crippen molar-refractivity contribution in [2.24, 2.45) is 0 Å². The summed E-state index contributed by atoms with van der Waals surface area (Å²) >= 11 is 0. The molecule has 4 heteroatoms. The van der Waals surface area contributed by atoms with Crippen LogP contribution in [0.2, 0.25) is 0 Å². The monoisotopic (exact) mass is 249 g/mol. The summed E-state index contributed by atoms with van der Waals surface area (Å²) in [5.74, 6) is 0.937. The van der Waals surface area contributed by atoms with E-state index >= 15 is 0 Å². The number of carbonyl (C=O) groups is 1. The Balaban J connectivity index is 1.88. The largest absolute Gasteiger partial charge is 0.489 e. The predicted molar refractivity (Wildman–Crippen MR) is 68.5 cm³/mol. The lowest BCUT2D eigenvalue weighted by molar-refractivity contribution is -0.128. The van der Waals surface area contributed by atoms with E-state index in [0.717, 1.165) is 24.3 Å². The van der Waals surface area contributed by atoms with Crippen LogP contribution in [0.25, 0.3) is 0 Å². The van der Waals surface area contributed by atoms with Crippen molar-refractivity contribution in [2.45, 2.75) is 25.9 Å². The lowest BCUT2D eigenvalue weighted by Gasteiger charge is -2.15. The molecule has 0 spiro atoms. The van der Waals surface area contributed by atoms with Crippen molar-refractivity contribution in [3.05, 3.63) is 29.8 Å². The number of aliphatic hydroxyl groups is 1. The van der Waals surface area contributed by atoms with Crippen LogP contribution in [0.3, 0.4) is 0 Å². The Bertz CT molecular complexity index is 402. The van der Waals surface area contributed by atoms with Gasteiger partial charge in [0.2, 0.25) is 5.91 Å². The first-order chi connectivity index (χ1) is 8.69. The smallest absolute Gasteiger partial charge is 0.219 e. The van der Waals surface area contributed by atoms with Crippen LogP contribution in [0.15, 0.2) is 24.3 Å². The zero-order valence-electron chi connectivity index (χ0n) is 10.6. The molecule has 1 aliphatic rings. The lowest BCUT2D eigenvalue weighted by atomic mass is 10.1. The van der Waals surface area contributed by atoms with Gasteiger partial charge in [0, 0.05) is 26.5 Å². The van der Waals surface area contributed by atoms with Gasteiger partial charge in [-0.05, 0) is 24.1 Å². The van der Waals surface area contributed by atoms with Crippen LogP contribution in [0.4, 0.5) is 0 Å². The molecule has 0 aliphatic carbocycles. The predicted octanol–water partition coefficient (Wildman–Crippen LogP) is 1.22. The Kier molecular flexibility index (Phi) is 4.20. The first kappa shape index (κ1) is 12.9. The van der Waals surface area contributed by atoms with Crippen LogP contribution in [0.5, 0.6) is 5.75 Å². The van der Waals surface area contributed by atoms with Gasteiger partial charge in [0.25, 0.3) is 0 Å². The standard InChI is InChI=1S/C14H19NO3/c1-11(17)15-8-6-14(10-15)18-13-4-2-12(3-5-13)7-9-16/h2-5,14,16H,6-10H2,1H3. The average Bonchev–Trinajstić information content (AvgIpc) is 2.81. The van der Waals surface area contributed by atoms with Crippen molar-refractivity contribution < 1.29 is 14.6 Å². The molecular weight excluding hydrogens is 230 g/mol. The molecule has 1 aromatic rings. The van der Waals surface area contributed by atoms with E-state index in [0.29, 0.717) is 13.0 Å². The second-order valence-corrected chi connectivity index (χ2v) is 4.61. The second-order valence-electron chi connectivity index (χ2n) is 4.61. The minimum absolute atomic E-state index is 0.0950. The third kappa shape index (κ3) is 3.23. The van der Waals surface area contributed by atoms with E-state index in [9.17, 15) is 4.79 Å². The van der Waals surface area contributed by atoms with Crippen LogP contribution in [-0.2, 0) is 11.2 Å². The Morgan fingerprint density at radius 2 is 2.17 bits per heavy atom. The van der Waals surface area contributed by atoms with E-state index in [4.69, 9.17) is 9.84 Å². The first-order valence-electron chi connectivity index (χ1n) is 6.31. The van der Waals surface area contributed by atoms with Crippen molar-refractivity contribution >= 4 is 5.91 Å². The van der Waals surface area contributed by atoms with Crippen molar-refractivity contribution in [3.63, 3.8) is 0 Å². The van der Waals surface area contributed by atoms with Crippen molar-refractivity contribution in [1.29, 1.82) is 0 Å². The van der Waals surface area contributed by atoms with Gasteiger partial charge in [-0.1, -0.05) is 12.1 Å². The third-order valence-corrected chi connectivity index (χ3v) is 3.22.